The third-order valence-corrected chi connectivity index (χ3v) is 6.91. The van der Waals surface area contributed by atoms with E-state index in [1.54, 1.807) is 28.2 Å². The van der Waals surface area contributed by atoms with Gasteiger partial charge in [-0.05, 0) is 74.4 Å². The number of rotatable bonds is 5. The summed E-state index contributed by atoms with van der Waals surface area (Å²) in [5.41, 5.74) is 6.24. The van der Waals surface area contributed by atoms with Crippen molar-refractivity contribution in [2.24, 2.45) is 11.1 Å². The molecule has 2 heterocycles. The van der Waals surface area contributed by atoms with Crippen LogP contribution in [0.2, 0.25) is 0 Å². The summed E-state index contributed by atoms with van der Waals surface area (Å²) >= 11 is 0. The molecule has 0 saturated heterocycles. The number of nitrogens with one attached hydrogen (secondary N) is 1. The summed E-state index contributed by atoms with van der Waals surface area (Å²) in [6.45, 7) is 6.55. The van der Waals surface area contributed by atoms with Crippen molar-refractivity contribution in [2.75, 3.05) is 13.1 Å². The SMILES string of the molecule is CC(C)(C)NC(=O)N1CCC2=C(C1)C(CCn1cnnc1)(C(N)=O)CC=C2c1cccc(C(F)(F)F)c1. The molecule has 1 atom stereocenters. The molecule has 1 aliphatic carbocycles. The number of aryl methyl sites for hydroxylation is 1. The van der Waals surface area contributed by atoms with Gasteiger partial charge in [0.1, 0.15) is 12.7 Å². The molecule has 11 heteroatoms. The van der Waals surface area contributed by atoms with E-state index < -0.39 is 28.6 Å². The maximum Gasteiger partial charge on any atom is 0.416 e. The van der Waals surface area contributed by atoms with Gasteiger partial charge in [0.15, 0.2) is 0 Å². The van der Waals surface area contributed by atoms with E-state index in [2.05, 4.69) is 15.5 Å². The normalized spacial score (nSPS) is 20.4. The highest BCUT2D eigenvalue weighted by Gasteiger charge is 2.46. The third-order valence-electron chi connectivity index (χ3n) is 6.91. The predicted octanol–water partition coefficient (Wildman–Crippen LogP) is 4.16. The molecular formula is C26H31F3N6O2. The highest BCUT2D eigenvalue weighted by molar-refractivity contribution is 5.92. The summed E-state index contributed by atoms with van der Waals surface area (Å²) in [5, 5.41) is 10.6. The fourth-order valence-electron chi connectivity index (χ4n) is 5.03. The zero-order valence-corrected chi connectivity index (χ0v) is 21.1. The molecule has 0 spiro atoms. The van der Waals surface area contributed by atoms with E-state index >= 15 is 0 Å². The number of benzene rings is 1. The Bertz CT molecular complexity index is 1240. The van der Waals surface area contributed by atoms with Gasteiger partial charge in [-0.3, -0.25) is 4.79 Å². The van der Waals surface area contributed by atoms with Gasteiger partial charge in [-0.25, -0.2) is 4.79 Å². The summed E-state index contributed by atoms with van der Waals surface area (Å²) in [6, 6.07) is 4.91. The number of carbonyl (C=O) groups is 2. The zero-order chi connectivity index (χ0) is 27.0. The van der Waals surface area contributed by atoms with Crippen LogP contribution in [-0.2, 0) is 17.5 Å². The molecule has 1 unspecified atom stereocenters. The Morgan fingerprint density at radius 3 is 2.49 bits per heavy atom. The number of amides is 3. The van der Waals surface area contributed by atoms with Gasteiger partial charge in [-0.15, -0.1) is 10.2 Å². The van der Waals surface area contributed by atoms with E-state index in [1.807, 2.05) is 26.8 Å². The first-order valence-electron chi connectivity index (χ1n) is 12.1. The Labute approximate surface area is 213 Å². The number of urea groups is 1. The molecule has 1 aromatic carbocycles. The highest BCUT2D eigenvalue weighted by atomic mass is 19.4. The topological polar surface area (TPSA) is 106 Å². The minimum atomic E-state index is -4.48. The van der Waals surface area contributed by atoms with Crippen LogP contribution in [0.3, 0.4) is 0 Å². The molecule has 0 bridgehead atoms. The van der Waals surface area contributed by atoms with Crippen LogP contribution >= 0.6 is 0 Å². The van der Waals surface area contributed by atoms with Crippen LogP contribution in [0.25, 0.3) is 5.57 Å². The van der Waals surface area contributed by atoms with E-state index in [0.717, 1.165) is 17.7 Å². The van der Waals surface area contributed by atoms with Gasteiger partial charge in [0, 0.05) is 25.2 Å². The van der Waals surface area contributed by atoms with E-state index in [1.165, 1.54) is 6.07 Å². The van der Waals surface area contributed by atoms with Crippen LogP contribution in [0.5, 0.6) is 0 Å². The first-order chi connectivity index (χ1) is 17.3. The van der Waals surface area contributed by atoms with E-state index in [9.17, 15) is 22.8 Å². The number of hydrogen-bond acceptors (Lipinski definition) is 4. The van der Waals surface area contributed by atoms with Crippen LogP contribution in [0, 0.1) is 5.41 Å². The largest absolute Gasteiger partial charge is 0.416 e. The van der Waals surface area contributed by atoms with E-state index in [4.69, 9.17) is 5.73 Å². The quantitative estimate of drug-likeness (QED) is 0.623. The number of primary amides is 1. The van der Waals surface area contributed by atoms with E-state index in [0.29, 0.717) is 42.6 Å². The number of nitrogens with zero attached hydrogens (tertiary/aromatic N) is 4. The Kier molecular flexibility index (Phi) is 6.91. The minimum absolute atomic E-state index is 0.151. The Hall–Kier alpha value is -3.63. The molecule has 1 aromatic heterocycles. The fraction of sp³-hybridized carbons (Fsp3) is 0.462. The van der Waals surface area contributed by atoms with Gasteiger partial charge in [0.25, 0.3) is 0 Å². The lowest BCUT2D eigenvalue weighted by Crippen LogP contribution is -2.53. The molecule has 4 rings (SSSR count). The average molecular weight is 517 g/mol. The van der Waals surface area contributed by atoms with Crippen LogP contribution in [-0.4, -0.2) is 50.2 Å². The van der Waals surface area contributed by atoms with Crippen molar-refractivity contribution in [2.45, 2.75) is 58.3 Å². The second-order valence-corrected chi connectivity index (χ2v) is 10.6. The summed E-state index contributed by atoms with van der Waals surface area (Å²) in [6.07, 6.45) is 1.35. The molecule has 1 aliphatic heterocycles. The number of carbonyl (C=O) groups excluding carboxylic acids is 2. The van der Waals surface area contributed by atoms with Crippen molar-refractivity contribution in [1.82, 2.24) is 25.0 Å². The van der Waals surface area contributed by atoms with Crippen LogP contribution in [0.15, 0.2) is 54.1 Å². The molecule has 2 aromatic rings. The van der Waals surface area contributed by atoms with Crippen molar-refractivity contribution < 1.29 is 22.8 Å². The number of halogens is 3. The second kappa shape index (κ2) is 9.68. The van der Waals surface area contributed by atoms with Crippen molar-refractivity contribution >= 4 is 17.5 Å². The summed E-state index contributed by atoms with van der Waals surface area (Å²) in [7, 11) is 0. The second-order valence-electron chi connectivity index (χ2n) is 10.6. The van der Waals surface area contributed by atoms with E-state index in [-0.39, 0.29) is 19.0 Å². The number of aromatic nitrogens is 3. The maximum absolute atomic E-state index is 13.5. The monoisotopic (exact) mass is 516 g/mol. The third kappa shape index (κ3) is 5.55. The summed E-state index contributed by atoms with van der Waals surface area (Å²) < 4.78 is 42.1. The smallest absolute Gasteiger partial charge is 0.369 e. The van der Waals surface area contributed by atoms with Crippen molar-refractivity contribution in [1.29, 1.82) is 0 Å². The predicted molar refractivity (Wildman–Crippen MR) is 132 cm³/mol. The molecule has 37 heavy (non-hydrogen) atoms. The van der Waals surface area contributed by atoms with Gasteiger partial charge in [0.05, 0.1) is 11.0 Å². The number of alkyl halides is 3. The molecule has 8 nitrogen and oxygen atoms in total. The molecular weight excluding hydrogens is 485 g/mol. The summed E-state index contributed by atoms with van der Waals surface area (Å²) in [5.74, 6) is -0.537. The van der Waals surface area contributed by atoms with Gasteiger partial charge in [-0.1, -0.05) is 18.2 Å². The van der Waals surface area contributed by atoms with Gasteiger partial charge in [0.2, 0.25) is 5.91 Å². The van der Waals surface area contributed by atoms with Crippen molar-refractivity contribution in [3.8, 4) is 0 Å². The summed E-state index contributed by atoms with van der Waals surface area (Å²) in [4.78, 5) is 27.7. The van der Waals surface area contributed by atoms with Crippen LogP contribution in [0.4, 0.5) is 18.0 Å². The lowest BCUT2D eigenvalue weighted by Gasteiger charge is -2.44. The number of nitrogens with two attached hydrogens (primary N) is 1. The lowest BCUT2D eigenvalue weighted by molar-refractivity contribution is -0.137. The Balaban J connectivity index is 1.77. The average Bonchev–Trinajstić information content (AvgIpc) is 3.34. The van der Waals surface area contributed by atoms with Gasteiger partial charge in [-0.2, -0.15) is 13.2 Å². The molecule has 198 valence electrons. The standard InChI is InChI=1S/C26H31F3N6O2/c1-24(2,3)33-23(37)35-11-8-20-19(17-5-4-6-18(13-17)26(27,28)29)7-9-25(22(30)36,21(20)14-35)10-12-34-15-31-32-16-34/h4-7,13,15-16H,8-12,14H2,1-3H3,(H2,30,36)(H,33,37). The maximum atomic E-state index is 13.5. The lowest BCUT2D eigenvalue weighted by atomic mass is 9.65. The number of hydrogen-bond donors (Lipinski definition) is 2. The minimum Gasteiger partial charge on any atom is -0.369 e. The van der Waals surface area contributed by atoms with Gasteiger partial charge < -0.3 is 20.5 Å². The number of allylic oxidation sites excluding steroid dienone is 2. The highest BCUT2D eigenvalue weighted by Crippen LogP contribution is 2.49. The Morgan fingerprint density at radius 1 is 1.16 bits per heavy atom. The molecule has 3 amide bonds. The van der Waals surface area contributed by atoms with Crippen LogP contribution in [0.1, 0.15) is 51.2 Å². The molecule has 2 aliphatic rings. The van der Waals surface area contributed by atoms with Crippen molar-refractivity contribution in [3.05, 3.63) is 65.3 Å². The molecule has 0 radical (unpaired) electrons. The molecule has 0 fully saturated rings. The van der Waals surface area contributed by atoms with Crippen molar-refractivity contribution in [3.63, 3.8) is 0 Å². The fourth-order valence-corrected chi connectivity index (χ4v) is 5.03. The zero-order valence-electron chi connectivity index (χ0n) is 21.1. The molecule has 3 N–H and O–H groups in total. The first kappa shape index (κ1) is 26.4. The first-order valence-corrected chi connectivity index (χ1v) is 12.1. The van der Waals surface area contributed by atoms with Gasteiger partial charge >= 0.3 is 12.2 Å². The van der Waals surface area contributed by atoms with Crippen LogP contribution < -0.4 is 11.1 Å². The molecule has 0 saturated carbocycles. The Morgan fingerprint density at radius 2 is 1.86 bits per heavy atom.